The van der Waals surface area contributed by atoms with Crippen LogP contribution in [-0.2, 0) is 0 Å². The van der Waals surface area contributed by atoms with Gasteiger partial charge in [-0.2, -0.15) is 0 Å². The Hall–Kier alpha value is -1.46. The predicted molar refractivity (Wildman–Crippen MR) is 58.0 cm³/mol. The first-order valence-corrected chi connectivity index (χ1v) is 5.21. The highest BCUT2D eigenvalue weighted by Crippen LogP contribution is 2.38. The first-order chi connectivity index (χ1) is 7.81. The summed E-state index contributed by atoms with van der Waals surface area (Å²) in [6.45, 7) is 1.37. The van der Waals surface area contributed by atoms with Gasteiger partial charge in [-0.1, -0.05) is 6.07 Å². The zero-order chi connectivity index (χ0) is 11.4. The molecule has 88 valence electrons. The smallest absolute Gasteiger partial charge is 0.203 e. The SMILES string of the molecule is NC[C@H](O)COc1cccc2c1OCCO2. The van der Waals surface area contributed by atoms with E-state index in [-0.39, 0.29) is 13.2 Å². The summed E-state index contributed by atoms with van der Waals surface area (Å²) >= 11 is 0. The number of rotatable bonds is 4. The third kappa shape index (κ3) is 2.37. The van der Waals surface area contributed by atoms with E-state index < -0.39 is 6.10 Å². The van der Waals surface area contributed by atoms with E-state index in [0.29, 0.717) is 30.5 Å². The summed E-state index contributed by atoms with van der Waals surface area (Å²) in [7, 11) is 0. The van der Waals surface area contributed by atoms with Gasteiger partial charge in [-0.05, 0) is 12.1 Å². The highest BCUT2D eigenvalue weighted by atomic mass is 16.6. The molecule has 0 amide bonds. The lowest BCUT2D eigenvalue weighted by Gasteiger charge is -2.21. The van der Waals surface area contributed by atoms with Crippen molar-refractivity contribution in [3.8, 4) is 17.2 Å². The van der Waals surface area contributed by atoms with Gasteiger partial charge in [0.05, 0.1) is 0 Å². The summed E-state index contributed by atoms with van der Waals surface area (Å²) in [6, 6.07) is 5.41. The molecule has 1 aliphatic heterocycles. The summed E-state index contributed by atoms with van der Waals surface area (Å²) < 4.78 is 16.3. The van der Waals surface area contributed by atoms with Crippen molar-refractivity contribution in [2.75, 3.05) is 26.4 Å². The molecule has 0 saturated carbocycles. The Bertz CT molecular complexity index is 356. The van der Waals surface area contributed by atoms with Crippen LogP contribution in [0.2, 0.25) is 0 Å². The fourth-order valence-corrected chi connectivity index (χ4v) is 1.41. The number of aliphatic hydroxyl groups excluding tert-OH is 1. The Kier molecular flexibility index (Phi) is 3.48. The van der Waals surface area contributed by atoms with Gasteiger partial charge < -0.3 is 25.1 Å². The third-order valence-electron chi connectivity index (χ3n) is 2.23. The fraction of sp³-hybridized carbons (Fsp3) is 0.455. The van der Waals surface area contributed by atoms with Gasteiger partial charge in [0.25, 0.3) is 0 Å². The van der Waals surface area contributed by atoms with E-state index >= 15 is 0 Å². The highest BCUT2D eigenvalue weighted by molar-refractivity contribution is 5.51. The predicted octanol–water partition coefficient (Wildman–Crippen LogP) is 0.156. The van der Waals surface area contributed by atoms with E-state index in [2.05, 4.69) is 0 Å². The van der Waals surface area contributed by atoms with Crippen LogP contribution in [0.15, 0.2) is 18.2 Å². The molecule has 0 fully saturated rings. The molecular weight excluding hydrogens is 210 g/mol. The lowest BCUT2D eigenvalue weighted by Crippen LogP contribution is -2.27. The lowest BCUT2D eigenvalue weighted by molar-refractivity contribution is 0.107. The summed E-state index contributed by atoms with van der Waals surface area (Å²) in [5.74, 6) is 1.84. The summed E-state index contributed by atoms with van der Waals surface area (Å²) in [6.07, 6.45) is -0.666. The zero-order valence-corrected chi connectivity index (χ0v) is 8.89. The monoisotopic (exact) mass is 225 g/mol. The average molecular weight is 225 g/mol. The molecule has 5 nitrogen and oxygen atoms in total. The van der Waals surface area contributed by atoms with Crippen LogP contribution in [0.4, 0.5) is 0 Å². The quantitative estimate of drug-likeness (QED) is 0.763. The van der Waals surface area contributed by atoms with Gasteiger partial charge in [0.1, 0.15) is 25.9 Å². The van der Waals surface area contributed by atoms with Crippen LogP contribution >= 0.6 is 0 Å². The van der Waals surface area contributed by atoms with Crippen LogP contribution in [0.5, 0.6) is 17.2 Å². The second-order valence-electron chi connectivity index (χ2n) is 3.48. The molecule has 0 bridgehead atoms. The van der Waals surface area contributed by atoms with E-state index in [9.17, 15) is 5.11 Å². The molecule has 0 saturated heterocycles. The molecule has 0 aliphatic carbocycles. The normalized spacial score (nSPS) is 15.6. The standard InChI is InChI=1S/C11H15NO4/c12-6-8(13)7-16-10-3-1-2-9-11(10)15-5-4-14-9/h1-3,8,13H,4-7,12H2/t8-/m0/s1. The molecule has 1 heterocycles. The third-order valence-corrected chi connectivity index (χ3v) is 2.23. The molecule has 2 rings (SSSR count). The van der Waals surface area contributed by atoms with Crippen molar-refractivity contribution >= 4 is 0 Å². The van der Waals surface area contributed by atoms with E-state index in [1.54, 1.807) is 6.07 Å². The molecule has 0 spiro atoms. The van der Waals surface area contributed by atoms with Crippen molar-refractivity contribution in [3.05, 3.63) is 18.2 Å². The minimum absolute atomic E-state index is 0.149. The van der Waals surface area contributed by atoms with E-state index in [1.807, 2.05) is 12.1 Å². The topological polar surface area (TPSA) is 73.9 Å². The second kappa shape index (κ2) is 5.05. The van der Waals surface area contributed by atoms with Crippen molar-refractivity contribution in [3.63, 3.8) is 0 Å². The van der Waals surface area contributed by atoms with Crippen molar-refractivity contribution in [2.45, 2.75) is 6.10 Å². The molecule has 1 aromatic rings. The van der Waals surface area contributed by atoms with Crippen molar-refractivity contribution in [2.24, 2.45) is 5.73 Å². The van der Waals surface area contributed by atoms with Crippen molar-refractivity contribution < 1.29 is 19.3 Å². The maximum absolute atomic E-state index is 9.30. The number of aliphatic hydroxyl groups is 1. The Morgan fingerprint density at radius 3 is 3.00 bits per heavy atom. The number of para-hydroxylation sites is 1. The van der Waals surface area contributed by atoms with Crippen LogP contribution in [0.1, 0.15) is 0 Å². The average Bonchev–Trinajstić information content (AvgIpc) is 2.35. The minimum Gasteiger partial charge on any atom is -0.487 e. The van der Waals surface area contributed by atoms with Crippen LogP contribution in [0.3, 0.4) is 0 Å². The van der Waals surface area contributed by atoms with Gasteiger partial charge in [0.15, 0.2) is 11.5 Å². The molecule has 0 radical (unpaired) electrons. The van der Waals surface area contributed by atoms with Crippen LogP contribution in [0.25, 0.3) is 0 Å². The minimum atomic E-state index is -0.666. The first-order valence-electron chi connectivity index (χ1n) is 5.21. The van der Waals surface area contributed by atoms with Crippen molar-refractivity contribution in [1.29, 1.82) is 0 Å². The van der Waals surface area contributed by atoms with E-state index in [0.717, 1.165) is 0 Å². The van der Waals surface area contributed by atoms with Gasteiger partial charge in [-0.25, -0.2) is 0 Å². The van der Waals surface area contributed by atoms with Gasteiger partial charge in [0.2, 0.25) is 5.75 Å². The summed E-state index contributed by atoms with van der Waals surface area (Å²) in [4.78, 5) is 0. The Labute approximate surface area is 93.7 Å². The number of benzene rings is 1. The number of hydrogen-bond acceptors (Lipinski definition) is 5. The second-order valence-corrected chi connectivity index (χ2v) is 3.48. The van der Waals surface area contributed by atoms with Crippen LogP contribution in [0, 0.1) is 0 Å². The van der Waals surface area contributed by atoms with Gasteiger partial charge in [-0.3, -0.25) is 0 Å². The molecule has 5 heteroatoms. The lowest BCUT2D eigenvalue weighted by atomic mass is 10.3. The molecular formula is C11H15NO4. The number of fused-ring (bicyclic) bond motifs is 1. The van der Waals surface area contributed by atoms with Gasteiger partial charge in [0, 0.05) is 6.54 Å². The fourth-order valence-electron chi connectivity index (χ4n) is 1.41. The van der Waals surface area contributed by atoms with Gasteiger partial charge in [-0.15, -0.1) is 0 Å². The summed E-state index contributed by atoms with van der Waals surface area (Å²) in [5.41, 5.74) is 5.29. The van der Waals surface area contributed by atoms with E-state index in [4.69, 9.17) is 19.9 Å². The van der Waals surface area contributed by atoms with Crippen LogP contribution < -0.4 is 19.9 Å². The molecule has 1 aromatic carbocycles. The number of hydrogen-bond donors (Lipinski definition) is 2. The Morgan fingerprint density at radius 1 is 1.38 bits per heavy atom. The van der Waals surface area contributed by atoms with Crippen molar-refractivity contribution in [1.82, 2.24) is 0 Å². The zero-order valence-electron chi connectivity index (χ0n) is 8.89. The van der Waals surface area contributed by atoms with E-state index in [1.165, 1.54) is 0 Å². The first kappa shape index (κ1) is 11.0. The van der Waals surface area contributed by atoms with Crippen LogP contribution in [-0.4, -0.2) is 37.6 Å². The highest BCUT2D eigenvalue weighted by Gasteiger charge is 2.17. The molecule has 3 N–H and O–H groups in total. The number of ether oxygens (including phenoxy) is 3. The van der Waals surface area contributed by atoms with Gasteiger partial charge >= 0.3 is 0 Å². The molecule has 0 aromatic heterocycles. The molecule has 1 aliphatic rings. The maximum atomic E-state index is 9.30. The largest absolute Gasteiger partial charge is 0.487 e. The Morgan fingerprint density at radius 2 is 2.19 bits per heavy atom. The summed E-state index contributed by atoms with van der Waals surface area (Å²) in [5, 5.41) is 9.30. The molecule has 16 heavy (non-hydrogen) atoms. The number of nitrogens with two attached hydrogens (primary N) is 1. The maximum Gasteiger partial charge on any atom is 0.203 e. The molecule has 0 unspecified atom stereocenters. The molecule has 1 atom stereocenters. The Balaban J connectivity index is 2.08.